The molecule has 2 nitrogen and oxygen atoms in total. The second-order valence-corrected chi connectivity index (χ2v) is 4.21. The first-order valence-electron chi connectivity index (χ1n) is 5.37. The molecule has 0 spiro atoms. The van der Waals surface area contributed by atoms with Gasteiger partial charge in [0.25, 0.3) is 0 Å². The minimum absolute atomic E-state index is 0. The molecular formula is C12H16ClNO. The molecule has 0 amide bonds. The van der Waals surface area contributed by atoms with Crippen molar-refractivity contribution in [1.29, 1.82) is 0 Å². The summed E-state index contributed by atoms with van der Waals surface area (Å²) in [4.78, 5) is 0. The monoisotopic (exact) mass is 225 g/mol. The van der Waals surface area contributed by atoms with E-state index in [1.807, 2.05) is 0 Å². The van der Waals surface area contributed by atoms with Crippen LogP contribution in [0, 0.1) is 5.92 Å². The SMILES string of the molecule is Cl.c1ccc2c(c1)OC[C@H]1CNCC[C@H]21. The predicted octanol–water partition coefficient (Wildman–Crippen LogP) is 2.19. The molecule has 1 fully saturated rings. The van der Waals surface area contributed by atoms with Crippen LogP contribution in [-0.4, -0.2) is 19.7 Å². The van der Waals surface area contributed by atoms with Gasteiger partial charge in [-0.2, -0.15) is 0 Å². The van der Waals surface area contributed by atoms with Crippen LogP contribution < -0.4 is 10.1 Å². The molecule has 1 aromatic carbocycles. The highest BCUT2D eigenvalue weighted by molar-refractivity contribution is 5.85. The zero-order valence-electron chi connectivity index (χ0n) is 8.61. The molecule has 0 bridgehead atoms. The van der Waals surface area contributed by atoms with Crippen LogP contribution in [0.15, 0.2) is 24.3 Å². The summed E-state index contributed by atoms with van der Waals surface area (Å²) in [6, 6.07) is 8.48. The molecule has 2 atom stereocenters. The van der Waals surface area contributed by atoms with Crippen molar-refractivity contribution in [2.75, 3.05) is 19.7 Å². The number of hydrogen-bond acceptors (Lipinski definition) is 2. The van der Waals surface area contributed by atoms with Crippen LogP contribution in [0.2, 0.25) is 0 Å². The van der Waals surface area contributed by atoms with E-state index in [2.05, 4.69) is 29.6 Å². The van der Waals surface area contributed by atoms with Gasteiger partial charge in [0.05, 0.1) is 6.61 Å². The molecule has 15 heavy (non-hydrogen) atoms. The van der Waals surface area contributed by atoms with Crippen molar-refractivity contribution in [3.8, 4) is 5.75 Å². The number of rotatable bonds is 0. The van der Waals surface area contributed by atoms with E-state index in [1.165, 1.54) is 12.0 Å². The van der Waals surface area contributed by atoms with Crippen LogP contribution in [0.25, 0.3) is 0 Å². The van der Waals surface area contributed by atoms with E-state index < -0.39 is 0 Å². The maximum absolute atomic E-state index is 5.75. The van der Waals surface area contributed by atoms with E-state index in [-0.39, 0.29) is 12.4 Å². The molecule has 2 aliphatic heterocycles. The van der Waals surface area contributed by atoms with Crippen molar-refractivity contribution < 1.29 is 4.74 Å². The highest BCUT2D eigenvalue weighted by atomic mass is 35.5. The number of benzene rings is 1. The van der Waals surface area contributed by atoms with Crippen LogP contribution >= 0.6 is 12.4 Å². The summed E-state index contributed by atoms with van der Waals surface area (Å²) >= 11 is 0. The number of para-hydroxylation sites is 1. The van der Waals surface area contributed by atoms with E-state index >= 15 is 0 Å². The van der Waals surface area contributed by atoms with Gasteiger partial charge in [0, 0.05) is 12.5 Å². The normalized spacial score (nSPS) is 28.0. The third-order valence-electron chi connectivity index (χ3n) is 3.38. The zero-order chi connectivity index (χ0) is 9.38. The van der Waals surface area contributed by atoms with Gasteiger partial charge in [-0.1, -0.05) is 18.2 Å². The highest BCUT2D eigenvalue weighted by Crippen LogP contribution is 2.39. The second-order valence-electron chi connectivity index (χ2n) is 4.21. The van der Waals surface area contributed by atoms with Crippen molar-refractivity contribution in [2.24, 2.45) is 5.92 Å². The quantitative estimate of drug-likeness (QED) is 0.731. The Kier molecular flexibility index (Phi) is 3.17. The standard InChI is InChI=1S/C12H15NO.ClH/c1-2-4-12-11(3-1)10-5-6-13-7-9(10)8-14-12;/h1-4,9-10,13H,5-8H2;1H/t9-,10+;/m1./s1. The molecule has 82 valence electrons. The number of piperidine rings is 1. The van der Waals surface area contributed by atoms with Crippen molar-refractivity contribution in [1.82, 2.24) is 5.32 Å². The summed E-state index contributed by atoms with van der Waals surface area (Å²) in [6.07, 6.45) is 1.25. The molecule has 2 heterocycles. The van der Waals surface area contributed by atoms with E-state index in [0.717, 1.165) is 31.4 Å². The van der Waals surface area contributed by atoms with Gasteiger partial charge < -0.3 is 10.1 Å². The Morgan fingerprint density at radius 1 is 1.27 bits per heavy atom. The maximum atomic E-state index is 5.75. The van der Waals surface area contributed by atoms with E-state index in [0.29, 0.717) is 5.92 Å². The smallest absolute Gasteiger partial charge is 0.122 e. The summed E-state index contributed by atoms with van der Waals surface area (Å²) in [5.74, 6) is 2.51. The molecular weight excluding hydrogens is 210 g/mol. The van der Waals surface area contributed by atoms with Crippen LogP contribution in [0.5, 0.6) is 5.75 Å². The number of hydrogen-bond donors (Lipinski definition) is 1. The Morgan fingerprint density at radius 3 is 3.07 bits per heavy atom. The lowest BCUT2D eigenvalue weighted by atomic mass is 9.80. The Hall–Kier alpha value is -0.730. The Labute approximate surface area is 96.4 Å². The Balaban J connectivity index is 0.000000853. The zero-order valence-corrected chi connectivity index (χ0v) is 9.43. The molecule has 1 saturated heterocycles. The number of ether oxygens (including phenoxy) is 1. The minimum atomic E-state index is 0. The van der Waals surface area contributed by atoms with E-state index in [4.69, 9.17) is 4.74 Å². The van der Waals surface area contributed by atoms with Gasteiger partial charge >= 0.3 is 0 Å². The molecule has 2 aliphatic rings. The van der Waals surface area contributed by atoms with Gasteiger partial charge in [-0.25, -0.2) is 0 Å². The number of nitrogens with one attached hydrogen (secondary N) is 1. The summed E-state index contributed by atoms with van der Waals surface area (Å²) in [7, 11) is 0. The largest absolute Gasteiger partial charge is 0.493 e. The fourth-order valence-electron chi connectivity index (χ4n) is 2.62. The molecule has 0 radical (unpaired) electrons. The van der Waals surface area contributed by atoms with Crippen LogP contribution in [-0.2, 0) is 0 Å². The first-order chi connectivity index (χ1) is 6.95. The summed E-state index contributed by atoms with van der Waals surface area (Å²) in [5.41, 5.74) is 1.42. The fourth-order valence-corrected chi connectivity index (χ4v) is 2.62. The number of fused-ring (bicyclic) bond motifs is 3. The average molecular weight is 226 g/mol. The van der Waals surface area contributed by atoms with Crippen molar-refractivity contribution in [3.63, 3.8) is 0 Å². The fraction of sp³-hybridized carbons (Fsp3) is 0.500. The predicted molar refractivity (Wildman–Crippen MR) is 62.9 cm³/mol. The summed E-state index contributed by atoms with van der Waals surface area (Å²) in [5, 5.41) is 3.43. The molecule has 0 unspecified atom stereocenters. The maximum Gasteiger partial charge on any atom is 0.122 e. The topological polar surface area (TPSA) is 21.3 Å². The first kappa shape index (κ1) is 10.8. The van der Waals surface area contributed by atoms with E-state index in [9.17, 15) is 0 Å². The van der Waals surface area contributed by atoms with Crippen LogP contribution in [0.3, 0.4) is 0 Å². The van der Waals surface area contributed by atoms with Crippen LogP contribution in [0.1, 0.15) is 17.9 Å². The first-order valence-corrected chi connectivity index (χ1v) is 5.37. The second kappa shape index (κ2) is 4.42. The van der Waals surface area contributed by atoms with Gasteiger partial charge in [-0.05, 0) is 30.5 Å². The third kappa shape index (κ3) is 1.84. The highest BCUT2D eigenvalue weighted by Gasteiger charge is 2.32. The molecule has 3 heteroatoms. The number of halogens is 1. The summed E-state index contributed by atoms with van der Waals surface area (Å²) in [6.45, 7) is 3.14. The van der Waals surface area contributed by atoms with Gasteiger partial charge in [0.2, 0.25) is 0 Å². The molecule has 1 aromatic rings. The average Bonchev–Trinajstić information content (AvgIpc) is 2.29. The van der Waals surface area contributed by atoms with Crippen molar-refractivity contribution >= 4 is 12.4 Å². The van der Waals surface area contributed by atoms with Gasteiger partial charge in [0.1, 0.15) is 5.75 Å². The lowest BCUT2D eigenvalue weighted by molar-refractivity contribution is 0.167. The summed E-state index contributed by atoms with van der Waals surface area (Å²) < 4.78 is 5.75. The lowest BCUT2D eigenvalue weighted by Gasteiger charge is -2.37. The van der Waals surface area contributed by atoms with Gasteiger partial charge in [0.15, 0.2) is 0 Å². The minimum Gasteiger partial charge on any atom is -0.493 e. The third-order valence-corrected chi connectivity index (χ3v) is 3.38. The molecule has 3 rings (SSSR count). The van der Waals surface area contributed by atoms with Gasteiger partial charge in [-0.15, -0.1) is 12.4 Å². The van der Waals surface area contributed by atoms with E-state index in [1.54, 1.807) is 0 Å². The lowest BCUT2D eigenvalue weighted by Crippen LogP contribution is -2.40. The molecule has 0 saturated carbocycles. The Morgan fingerprint density at radius 2 is 2.13 bits per heavy atom. The molecule has 1 N–H and O–H groups in total. The van der Waals surface area contributed by atoms with Gasteiger partial charge in [-0.3, -0.25) is 0 Å². The van der Waals surface area contributed by atoms with Crippen molar-refractivity contribution in [3.05, 3.63) is 29.8 Å². The Bertz CT molecular complexity index is 342. The van der Waals surface area contributed by atoms with Crippen molar-refractivity contribution in [2.45, 2.75) is 12.3 Å². The molecule has 0 aromatic heterocycles. The molecule has 0 aliphatic carbocycles. The van der Waals surface area contributed by atoms with Crippen LogP contribution in [0.4, 0.5) is 0 Å².